The molecule has 1 aliphatic carbocycles. The predicted molar refractivity (Wildman–Crippen MR) is 126 cm³/mol. The summed E-state index contributed by atoms with van der Waals surface area (Å²) in [5.74, 6) is -0.140. The highest BCUT2D eigenvalue weighted by atomic mass is 16.5. The van der Waals surface area contributed by atoms with Crippen molar-refractivity contribution >= 4 is 17.4 Å². The number of carbonyl (C=O) groups is 2. The van der Waals surface area contributed by atoms with E-state index in [1.54, 1.807) is 20.3 Å². The zero-order valence-electron chi connectivity index (χ0n) is 19.5. The van der Waals surface area contributed by atoms with Crippen molar-refractivity contribution in [2.45, 2.75) is 31.7 Å². The molecule has 0 amide bonds. The molecule has 1 heterocycles. The Morgan fingerprint density at radius 1 is 1.12 bits per heavy atom. The van der Waals surface area contributed by atoms with Crippen LogP contribution >= 0.6 is 0 Å². The first-order valence-corrected chi connectivity index (χ1v) is 11.5. The Balaban J connectivity index is 1.57. The minimum Gasteiger partial charge on any atom is -0.493 e. The van der Waals surface area contributed by atoms with Crippen LogP contribution in [0.1, 0.15) is 34.3 Å². The monoisotopic (exact) mass is 453 g/mol. The average molecular weight is 454 g/mol. The van der Waals surface area contributed by atoms with Gasteiger partial charge in [-0.15, -0.1) is 0 Å². The molecular formula is C26H33N2O5+. The Kier molecular flexibility index (Phi) is 6.34. The van der Waals surface area contributed by atoms with Crippen molar-refractivity contribution in [2.24, 2.45) is 11.8 Å². The van der Waals surface area contributed by atoms with E-state index in [4.69, 9.17) is 15.2 Å². The van der Waals surface area contributed by atoms with Crippen LogP contribution in [0.4, 0.5) is 5.69 Å². The fourth-order valence-corrected chi connectivity index (χ4v) is 5.80. The van der Waals surface area contributed by atoms with Crippen molar-refractivity contribution in [2.75, 3.05) is 40.1 Å². The van der Waals surface area contributed by atoms with Crippen LogP contribution in [0.2, 0.25) is 0 Å². The first kappa shape index (κ1) is 23.1. The van der Waals surface area contributed by atoms with Crippen LogP contribution in [0.5, 0.6) is 11.5 Å². The quantitative estimate of drug-likeness (QED) is 0.494. The zero-order chi connectivity index (χ0) is 23.8. The maximum atomic E-state index is 13.6. The van der Waals surface area contributed by atoms with Gasteiger partial charge in [-0.05, 0) is 48.2 Å². The normalized spacial score (nSPS) is 26.6. The van der Waals surface area contributed by atoms with E-state index in [-0.39, 0.29) is 17.6 Å². The minimum atomic E-state index is -0.816. The summed E-state index contributed by atoms with van der Waals surface area (Å²) in [5, 5.41) is 10.2. The number of hydrogen-bond acceptors (Lipinski definition) is 5. The van der Waals surface area contributed by atoms with Gasteiger partial charge in [-0.25, -0.2) is 4.79 Å². The molecule has 0 radical (unpaired) electrons. The lowest BCUT2D eigenvalue weighted by atomic mass is 9.73. The molecule has 0 aromatic heterocycles. The molecule has 7 heteroatoms. The van der Waals surface area contributed by atoms with Crippen molar-refractivity contribution in [3.63, 3.8) is 0 Å². The highest BCUT2D eigenvalue weighted by molar-refractivity contribution is 6.01. The molecule has 1 fully saturated rings. The second kappa shape index (κ2) is 9.06. The summed E-state index contributed by atoms with van der Waals surface area (Å²) in [5.41, 5.74) is 9.22. The van der Waals surface area contributed by atoms with Crippen LogP contribution < -0.4 is 15.2 Å². The van der Waals surface area contributed by atoms with E-state index in [1.807, 2.05) is 37.4 Å². The Morgan fingerprint density at radius 2 is 1.79 bits per heavy atom. The highest BCUT2D eigenvalue weighted by Gasteiger charge is 2.54. The lowest BCUT2D eigenvalue weighted by Gasteiger charge is -2.37. The molecule has 2 aromatic carbocycles. The van der Waals surface area contributed by atoms with E-state index < -0.39 is 12.0 Å². The van der Waals surface area contributed by atoms with E-state index in [0.29, 0.717) is 40.2 Å². The molecule has 1 saturated heterocycles. The third-order valence-electron chi connectivity index (χ3n) is 7.65. The molecule has 33 heavy (non-hydrogen) atoms. The third-order valence-corrected chi connectivity index (χ3v) is 7.65. The molecular weight excluding hydrogens is 420 g/mol. The van der Waals surface area contributed by atoms with Crippen molar-refractivity contribution in [3.05, 3.63) is 53.1 Å². The number of hydrogen-bond donors (Lipinski definition) is 2. The number of carboxylic acids is 1. The summed E-state index contributed by atoms with van der Waals surface area (Å²) in [7, 11) is 5.15. The number of carboxylic acid groups (broad SMARTS) is 1. The maximum Gasteiger partial charge on any atom is 0.362 e. The van der Waals surface area contributed by atoms with E-state index in [0.717, 1.165) is 36.9 Å². The van der Waals surface area contributed by atoms with Crippen LogP contribution in [-0.2, 0) is 17.6 Å². The summed E-state index contributed by atoms with van der Waals surface area (Å²) in [6.07, 6.45) is 2.89. The summed E-state index contributed by atoms with van der Waals surface area (Å²) in [6.45, 7) is 1.46. The summed E-state index contributed by atoms with van der Waals surface area (Å²) >= 11 is 0. The average Bonchev–Trinajstić information content (AvgIpc) is 3.15. The molecule has 0 saturated carbocycles. The van der Waals surface area contributed by atoms with Crippen molar-refractivity contribution in [1.82, 2.24) is 0 Å². The number of aryl methyl sites for hydroxylation is 1. The van der Waals surface area contributed by atoms with Gasteiger partial charge in [-0.3, -0.25) is 4.79 Å². The summed E-state index contributed by atoms with van der Waals surface area (Å²) in [6, 6.07) is 10.8. The number of likely N-dealkylation sites (N-methyl/N-ethyl adjacent to an activating group) is 1. The lowest BCUT2D eigenvalue weighted by molar-refractivity contribution is -0.914. The number of Topliss-reactive ketones (excluding diaryl/α,β-unsaturated/α-hetero) is 1. The highest BCUT2D eigenvalue weighted by Crippen LogP contribution is 2.43. The number of methoxy groups -OCH3 is 2. The number of anilines is 1. The van der Waals surface area contributed by atoms with Crippen LogP contribution in [0, 0.1) is 11.8 Å². The number of rotatable bonds is 7. The second-order valence-corrected chi connectivity index (χ2v) is 9.53. The van der Waals surface area contributed by atoms with Gasteiger partial charge in [0.15, 0.2) is 23.3 Å². The van der Waals surface area contributed by atoms with E-state index >= 15 is 0 Å². The molecule has 176 valence electrons. The van der Waals surface area contributed by atoms with Gasteiger partial charge in [0.25, 0.3) is 0 Å². The number of benzene rings is 2. The Labute approximate surface area is 194 Å². The predicted octanol–water partition coefficient (Wildman–Crippen LogP) is 3.19. The number of fused-ring (bicyclic) bond motifs is 1. The largest absolute Gasteiger partial charge is 0.493 e. The summed E-state index contributed by atoms with van der Waals surface area (Å²) < 4.78 is 11.2. The molecule has 4 atom stereocenters. The Morgan fingerprint density at radius 3 is 2.42 bits per heavy atom. The topological polar surface area (TPSA) is 98.9 Å². The number of carbonyl (C=O) groups excluding carboxylic acids is 1. The standard InChI is InChI=1S/C26H32N2O5/c1-28(12-10-16-4-7-18(27)8-5-16)13-11-19(24(28)26(30)31)20-9-6-17-14-22(32-2)23(33-3)15-21(17)25(20)29/h4-5,7-8,14-15,19-20,24H,6,9-13,27H2,1-3H3/p+1/t19?,20?,24-,28?/m0/s1. The molecule has 3 N–H and O–H groups in total. The van der Waals surface area contributed by atoms with Gasteiger partial charge in [0.1, 0.15) is 0 Å². The van der Waals surface area contributed by atoms with E-state index in [2.05, 4.69) is 0 Å². The number of ketones is 1. The van der Waals surface area contributed by atoms with Crippen molar-refractivity contribution in [1.29, 1.82) is 0 Å². The fraction of sp³-hybridized carbons (Fsp3) is 0.462. The van der Waals surface area contributed by atoms with Crippen LogP contribution in [0.3, 0.4) is 0 Å². The third kappa shape index (κ3) is 4.29. The molecule has 0 bridgehead atoms. The first-order chi connectivity index (χ1) is 15.8. The van der Waals surface area contributed by atoms with Crippen molar-refractivity contribution in [3.8, 4) is 11.5 Å². The van der Waals surface area contributed by atoms with Gasteiger partial charge in [0.05, 0.1) is 34.4 Å². The van der Waals surface area contributed by atoms with Gasteiger partial charge in [0.2, 0.25) is 0 Å². The second-order valence-electron chi connectivity index (χ2n) is 9.53. The lowest BCUT2D eigenvalue weighted by Crippen LogP contribution is -2.56. The number of nitrogens with two attached hydrogens (primary N) is 1. The molecule has 1 aliphatic heterocycles. The number of nitrogen functional groups attached to an aromatic ring is 1. The first-order valence-electron chi connectivity index (χ1n) is 11.5. The van der Waals surface area contributed by atoms with Crippen LogP contribution in [-0.4, -0.2) is 61.7 Å². The van der Waals surface area contributed by atoms with Gasteiger partial charge in [-0.2, -0.15) is 0 Å². The van der Waals surface area contributed by atoms with Crippen LogP contribution in [0.15, 0.2) is 36.4 Å². The fourth-order valence-electron chi connectivity index (χ4n) is 5.80. The van der Waals surface area contributed by atoms with Gasteiger partial charge in [0, 0.05) is 35.9 Å². The smallest absolute Gasteiger partial charge is 0.362 e. The van der Waals surface area contributed by atoms with Crippen molar-refractivity contribution < 1.29 is 28.7 Å². The van der Waals surface area contributed by atoms with Gasteiger partial charge >= 0.3 is 5.97 Å². The number of ether oxygens (including phenoxy) is 2. The van der Waals surface area contributed by atoms with Gasteiger partial charge in [-0.1, -0.05) is 12.1 Å². The molecule has 2 aromatic rings. The SMILES string of the molecule is COc1cc2c(cc1OC)C(=O)C(C1CC[N+](C)(CCc3ccc(N)cc3)[C@@H]1C(=O)O)CC2. The molecule has 3 unspecified atom stereocenters. The van der Waals surface area contributed by atoms with E-state index in [9.17, 15) is 14.7 Å². The number of nitrogens with zero attached hydrogens (tertiary/aromatic N) is 1. The minimum absolute atomic E-state index is 0.0282. The van der Waals surface area contributed by atoms with E-state index in [1.165, 1.54) is 0 Å². The Bertz CT molecular complexity index is 1050. The van der Waals surface area contributed by atoms with Gasteiger partial charge < -0.3 is 24.8 Å². The van der Waals surface area contributed by atoms with Crippen LogP contribution in [0.25, 0.3) is 0 Å². The zero-order valence-corrected chi connectivity index (χ0v) is 19.5. The number of quaternary nitrogens is 1. The molecule has 0 spiro atoms. The molecule has 2 aliphatic rings. The summed E-state index contributed by atoms with van der Waals surface area (Å²) in [4.78, 5) is 26.0. The Hall–Kier alpha value is -3.06. The number of likely N-dealkylation sites (tertiary alicyclic amines) is 1. The number of aliphatic carboxylic acids is 1. The molecule has 7 nitrogen and oxygen atoms in total. The molecule has 4 rings (SSSR count). The maximum absolute atomic E-state index is 13.6.